The summed E-state index contributed by atoms with van der Waals surface area (Å²) >= 11 is 2.95. The molecule has 0 spiro atoms. The highest BCUT2D eigenvalue weighted by molar-refractivity contribution is 8.01. The average Bonchev–Trinajstić information content (AvgIpc) is 3.08. The Labute approximate surface area is 179 Å². The van der Waals surface area contributed by atoms with E-state index in [9.17, 15) is 24.8 Å². The first-order chi connectivity index (χ1) is 14.3. The van der Waals surface area contributed by atoms with Crippen LogP contribution in [-0.2, 0) is 20.7 Å². The van der Waals surface area contributed by atoms with Crippen LogP contribution in [0.15, 0.2) is 40.7 Å². The fourth-order valence-corrected chi connectivity index (χ4v) is 4.57. The summed E-state index contributed by atoms with van der Waals surface area (Å²) in [6.07, 6.45) is -0.0703. The Balaban J connectivity index is 1.62. The third kappa shape index (κ3) is 5.67. The lowest BCUT2D eigenvalue weighted by molar-refractivity contribution is -0.385. The number of rotatable bonds is 8. The van der Waals surface area contributed by atoms with Gasteiger partial charge in [0.15, 0.2) is 10.1 Å². The van der Waals surface area contributed by atoms with Gasteiger partial charge in [-0.25, -0.2) is 4.98 Å². The molecule has 0 unspecified atom stereocenters. The van der Waals surface area contributed by atoms with Gasteiger partial charge in [0.1, 0.15) is 6.61 Å². The number of fused-ring (bicyclic) bond motifs is 1. The van der Waals surface area contributed by atoms with E-state index in [0.717, 1.165) is 14.6 Å². The zero-order chi connectivity index (χ0) is 21.7. The van der Waals surface area contributed by atoms with Gasteiger partial charge in [-0.2, -0.15) is 0 Å². The van der Waals surface area contributed by atoms with Crippen LogP contribution < -0.4 is 5.32 Å². The number of carbonyl (C=O) groups excluding carboxylic acids is 2. The number of anilines is 1. The lowest BCUT2D eigenvalue weighted by Gasteiger charge is -2.06. The second kappa shape index (κ2) is 9.55. The summed E-state index contributed by atoms with van der Waals surface area (Å²) in [5.74, 6) is -0.500. The van der Waals surface area contributed by atoms with Crippen molar-refractivity contribution in [1.82, 2.24) is 4.98 Å². The first-order valence-electron chi connectivity index (χ1n) is 8.74. The Morgan fingerprint density at radius 3 is 2.83 bits per heavy atom. The minimum Gasteiger partial charge on any atom is -0.502 e. The highest BCUT2D eigenvalue weighted by Crippen LogP contribution is 2.31. The lowest BCUT2D eigenvalue weighted by atomic mass is 10.1. The molecule has 9 nitrogen and oxygen atoms in total. The quantitative estimate of drug-likeness (QED) is 0.175. The number of amides is 1. The van der Waals surface area contributed by atoms with E-state index in [2.05, 4.69) is 10.3 Å². The summed E-state index contributed by atoms with van der Waals surface area (Å²) in [4.78, 5) is 37.8. The molecule has 0 bridgehead atoms. The van der Waals surface area contributed by atoms with Crippen LogP contribution in [0.1, 0.15) is 12.5 Å². The topological polar surface area (TPSA) is 132 Å². The summed E-state index contributed by atoms with van der Waals surface area (Å²) in [5.41, 5.74) is 1.36. The van der Waals surface area contributed by atoms with Crippen LogP contribution in [0.4, 0.5) is 11.4 Å². The van der Waals surface area contributed by atoms with Crippen LogP contribution in [0.25, 0.3) is 10.2 Å². The number of nitrogens with one attached hydrogen (secondary N) is 1. The van der Waals surface area contributed by atoms with Crippen molar-refractivity contribution in [3.8, 4) is 5.75 Å². The van der Waals surface area contributed by atoms with Crippen molar-refractivity contribution >= 4 is 56.6 Å². The van der Waals surface area contributed by atoms with Crippen LogP contribution in [0.5, 0.6) is 5.75 Å². The molecule has 11 heteroatoms. The molecule has 2 aromatic carbocycles. The molecule has 30 heavy (non-hydrogen) atoms. The monoisotopic (exact) mass is 447 g/mol. The van der Waals surface area contributed by atoms with Crippen molar-refractivity contribution in [3.05, 3.63) is 52.1 Å². The number of aromatic hydroxyl groups is 1. The number of phenolic OH excluding ortho intramolecular Hbond substituents is 1. The number of hydrogen-bond donors (Lipinski definition) is 2. The number of hydrogen-bond acceptors (Lipinski definition) is 9. The Kier molecular flexibility index (Phi) is 6.85. The second-order valence-electron chi connectivity index (χ2n) is 6.16. The Hall–Kier alpha value is -3.18. The minimum absolute atomic E-state index is 0.0703. The van der Waals surface area contributed by atoms with Gasteiger partial charge in [0.2, 0.25) is 5.91 Å². The molecule has 1 heterocycles. The number of benzene rings is 2. The van der Waals surface area contributed by atoms with Crippen LogP contribution in [0.2, 0.25) is 0 Å². The molecule has 0 atom stereocenters. The first kappa shape index (κ1) is 21.5. The highest BCUT2D eigenvalue weighted by atomic mass is 32.2. The van der Waals surface area contributed by atoms with Gasteiger partial charge in [0.05, 0.1) is 21.6 Å². The van der Waals surface area contributed by atoms with Crippen molar-refractivity contribution in [1.29, 1.82) is 0 Å². The molecule has 3 rings (SSSR count). The van der Waals surface area contributed by atoms with Crippen molar-refractivity contribution in [2.45, 2.75) is 17.7 Å². The molecule has 1 amide bonds. The number of carbonyl (C=O) groups is 2. The fourth-order valence-electron chi connectivity index (χ4n) is 2.57. The van der Waals surface area contributed by atoms with Crippen LogP contribution in [0, 0.1) is 10.1 Å². The van der Waals surface area contributed by atoms with Crippen molar-refractivity contribution < 1.29 is 24.4 Å². The highest BCUT2D eigenvalue weighted by Gasteiger charge is 2.15. The number of nitro benzene ring substituents is 1. The van der Waals surface area contributed by atoms with Crippen LogP contribution in [0.3, 0.4) is 0 Å². The largest absolute Gasteiger partial charge is 0.502 e. The number of ether oxygens (including phenoxy) is 1. The summed E-state index contributed by atoms with van der Waals surface area (Å²) in [6, 6.07) is 9.18. The number of thiazole rings is 1. The Bertz CT molecular complexity index is 1110. The third-order valence-electron chi connectivity index (χ3n) is 3.87. The van der Waals surface area contributed by atoms with Gasteiger partial charge in [-0.05, 0) is 29.8 Å². The molecular weight excluding hydrogens is 430 g/mol. The predicted molar refractivity (Wildman–Crippen MR) is 114 cm³/mol. The number of esters is 1. The minimum atomic E-state index is -0.698. The van der Waals surface area contributed by atoms with E-state index in [0.29, 0.717) is 23.6 Å². The summed E-state index contributed by atoms with van der Waals surface area (Å²) in [7, 11) is 0. The second-order valence-corrected chi connectivity index (χ2v) is 8.53. The smallest absolute Gasteiger partial charge is 0.310 e. The molecule has 0 aliphatic heterocycles. The Morgan fingerprint density at radius 1 is 1.30 bits per heavy atom. The van der Waals surface area contributed by atoms with E-state index in [1.165, 1.54) is 48.2 Å². The number of nitro groups is 1. The molecule has 156 valence electrons. The van der Waals surface area contributed by atoms with E-state index in [-0.39, 0.29) is 18.3 Å². The van der Waals surface area contributed by atoms with E-state index >= 15 is 0 Å². The Morgan fingerprint density at radius 2 is 2.10 bits per heavy atom. The summed E-state index contributed by atoms with van der Waals surface area (Å²) in [5, 5.41) is 23.2. The molecule has 3 aromatic rings. The van der Waals surface area contributed by atoms with Crippen molar-refractivity contribution in [2.24, 2.45) is 0 Å². The molecule has 0 aliphatic rings. The SMILES string of the molecule is CC(=O)OCCSc1nc2ccc(NC(=O)Cc3ccc(O)c([N+](=O)[O-])c3)cc2s1. The standard InChI is InChI=1S/C19H17N3O6S2/c1-11(23)28-6-7-29-19-21-14-4-3-13(10-17(14)30-19)20-18(25)9-12-2-5-16(24)15(8-12)22(26)27/h2-5,8,10,24H,6-7,9H2,1H3,(H,20,25). The van der Waals surface area contributed by atoms with Gasteiger partial charge < -0.3 is 15.2 Å². The fraction of sp³-hybridized carbons (Fsp3) is 0.211. The average molecular weight is 447 g/mol. The molecule has 0 fully saturated rings. The summed E-state index contributed by atoms with van der Waals surface area (Å²) in [6.45, 7) is 1.67. The maximum absolute atomic E-state index is 12.3. The first-order valence-corrected chi connectivity index (χ1v) is 10.5. The lowest BCUT2D eigenvalue weighted by Crippen LogP contribution is -2.14. The molecular formula is C19H17N3O6S2. The molecule has 0 saturated carbocycles. The zero-order valence-corrected chi connectivity index (χ0v) is 17.4. The molecule has 0 aliphatic carbocycles. The van der Waals surface area contributed by atoms with Gasteiger partial charge in [0.25, 0.3) is 0 Å². The third-order valence-corrected chi connectivity index (χ3v) is 5.99. The van der Waals surface area contributed by atoms with Gasteiger partial charge in [-0.3, -0.25) is 19.7 Å². The number of phenols is 1. The van der Waals surface area contributed by atoms with Crippen molar-refractivity contribution in [2.75, 3.05) is 17.7 Å². The molecule has 1 aromatic heterocycles. The number of thioether (sulfide) groups is 1. The maximum Gasteiger partial charge on any atom is 0.310 e. The normalized spacial score (nSPS) is 10.7. The predicted octanol–water partition coefficient (Wildman–Crippen LogP) is 3.75. The van der Waals surface area contributed by atoms with Gasteiger partial charge >= 0.3 is 11.7 Å². The molecule has 0 saturated heterocycles. The van der Waals surface area contributed by atoms with Gasteiger partial charge in [-0.15, -0.1) is 11.3 Å². The maximum atomic E-state index is 12.3. The van der Waals surface area contributed by atoms with Crippen LogP contribution in [-0.4, -0.2) is 39.3 Å². The zero-order valence-electron chi connectivity index (χ0n) is 15.8. The van der Waals surface area contributed by atoms with Crippen molar-refractivity contribution in [3.63, 3.8) is 0 Å². The van der Waals surface area contributed by atoms with Crippen LogP contribution >= 0.6 is 23.1 Å². The van der Waals surface area contributed by atoms with Gasteiger partial charge in [0, 0.05) is 24.4 Å². The van der Waals surface area contributed by atoms with E-state index in [1.807, 2.05) is 0 Å². The van der Waals surface area contributed by atoms with E-state index < -0.39 is 16.4 Å². The number of aromatic nitrogens is 1. The molecule has 0 radical (unpaired) electrons. The van der Waals surface area contributed by atoms with Gasteiger partial charge in [-0.1, -0.05) is 17.8 Å². The number of nitrogens with zero attached hydrogens (tertiary/aromatic N) is 2. The molecule has 2 N–H and O–H groups in total. The van der Waals surface area contributed by atoms with E-state index in [1.54, 1.807) is 18.2 Å². The van der Waals surface area contributed by atoms with E-state index in [4.69, 9.17) is 4.74 Å². The summed E-state index contributed by atoms with van der Waals surface area (Å²) < 4.78 is 6.62.